The molecule has 2 heterocycles. The number of benzene rings is 1. The van der Waals surface area contributed by atoms with E-state index in [0.29, 0.717) is 18.2 Å². The fourth-order valence-electron chi connectivity index (χ4n) is 2.80. The number of carbonyl (C=O) groups is 2. The van der Waals surface area contributed by atoms with Gasteiger partial charge in [-0.1, -0.05) is 32.0 Å². The number of carboxylic acids is 1. The normalized spacial score (nSPS) is 17.7. The molecule has 1 aromatic carbocycles. The van der Waals surface area contributed by atoms with Crippen molar-refractivity contribution in [1.82, 2.24) is 4.90 Å². The lowest BCUT2D eigenvalue weighted by Crippen LogP contribution is -2.48. The summed E-state index contributed by atoms with van der Waals surface area (Å²) in [6.45, 7) is 4.81. The van der Waals surface area contributed by atoms with E-state index >= 15 is 0 Å². The van der Waals surface area contributed by atoms with E-state index < -0.39 is 12.1 Å². The Balaban J connectivity index is 1.78. The summed E-state index contributed by atoms with van der Waals surface area (Å²) in [5, 5.41) is 9.05. The number of morpholine rings is 1. The zero-order chi connectivity index (χ0) is 18.0. The van der Waals surface area contributed by atoms with Crippen LogP contribution in [0.2, 0.25) is 0 Å². The highest BCUT2D eigenvalue weighted by molar-refractivity contribution is 5.92. The number of rotatable bonds is 4. The van der Waals surface area contributed by atoms with Crippen LogP contribution in [-0.4, -0.2) is 47.7 Å². The van der Waals surface area contributed by atoms with Gasteiger partial charge in [-0.15, -0.1) is 0 Å². The van der Waals surface area contributed by atoms with Gasteiger partial charge in [0.25, 0.3) is 5.91 Å². The average molecular weight is 343 g/mol. The molecule has 1 aliphatic rings. The summed E-state index contributed by atoms with van der Waals surface area (Å²) >= 11 is 0. The van der Waals surface area contributed by atoms with Crippen molar-refractivity contribution in [1.29, 1.82) is 0 Å². The molecule has 1 aromatic heterocycles. The summed E-state index contributed by atoms with van der Waals surface area (Å²) < 4.78 is 10.9. The number of amides is 1. The molecule has 6 heteroatoms. The van der Waals surface area contributed by atoms with Crippen LogP contribution in [0.25, 0.3) is 11.3 Å². The first-order valence-corrected chi connectivity index (χ1v) is 8.29. The molecule has 2 aromatic rings. The summed E-state index contributed by atoms with van der Waals surface area (Å²) in [6, 6.07) is 11.4. The molecule has 0 radical (unpaired) electrons. The first-order valence-electron chi connectivity index (χ1n) is 8.29. The lowest BCUT2D eigenvalue weighted by molar-refractivity contribution is -0.154. The van der Waals surface area contributed by atoms with Gasteiger partial charge < -0.3 is 19.2 Å². The Hall–Kier alpha value is -2.60. The molecule has 1 aliphatic heterocycles. The maximum atomic E-state index is 12.6. The first kappa shape index (κ1) is 17.2. The number of hydrogen-bond donors (Lipinski definition) is 1. The van der Waals surface area contributed by atoms with E-state index in [9.17, 15) is 9.59 Å². The molecule has 1 saturated heterocycles. The smallest absolute Gasteiger partial charge is 0.334 e. The SMILES string of the molecule is CC(C)c1cccc(-c2ccc(C(=O)N3CCOC(C(=O)O)C3)o2)c1. The maximum Gasteiger partial charge on any atom is 0.334 e. The molecule has 1 N–H and O–H groups in total. The summed E-state index contributed by atoms with van der Waals surface area (Å²) in [5.41, 5.74) is 2.11. The molecular weight excluding hydrogens is 322 g/mol. The molecule has 1 atom stereocenters. The van der Waals surface area contributed by atoms with Crippen molar-refractivity contribution in [3.8, 4) is 11.3 Å². The van der Waals surface area contributed by atoms with E-state index in [-0.39, 0.29) is 24.8 Å². The van der Waals surface area contributed by atoms with Crippen LogP contribution in [0.1, 0.15) is 35.9 Å². The summed E-state index contributed by atoms with van der Waals surface area (Å²) in [6.07, 6.45) is -0.991. The highest BCUT2D eigenvalue weighted by Crippen LogP contribution is 2.26. The molecule has 1 fully saturated rings. The number of aliphatic carboxylic acids is 1. The number of furan rings is 1. The second-order valence-electron chi connectivity index (χ2n) is 6.39. The van der Waals surface area contributed by atoms with Crippen molar-refractivity contribution in [3.63, 3.8) is 0 Å². The van der Waals surface area contributed by atoms with Crippen molar-refractivity contribution in [2.75, 3.05) is 19.7 Å². The molecule has 0 saturated carbocycles. The van der Waals surface area contributed by atoms with Crippen LogP contribution in [0.4, 0.5) is 0 Å². The van der Waals surface area contributed by atoms with E-state index in [0.717, 1.165) is 5.56 Å². The average Bonchev–Trinajstić information content (AvgIpc) is 3.11. The van der Waals surface area contributed by atoms with Gasteiger partial charge in [-0.2, -0.15) is 0 Å². The molecular formula is C19H21NO5. The molecule has 6 nitrogen and oxygen atoms in total. The minimum Gasteiger partial charge on any atom is -0.479 e. The molecule has 3 rings (SSSR count). The zero-order valence-corrected chi connectivity index (χ0v) is 14.3. The predicted molar refractivity (Wildman–Crippen MR) is 91.5 cm³/mol. The Kier molecular flexibility index (Phi) is 4.90. The number of carbonyl (C=O) groups excluding carboxylic acids is 1. The van der Waals surface area contributed by atoms with E-state index in [2.05, 4.69) is 19.9 Å². The third-order valence-corrected chi connectivity index (χ3v) is 4.28. The van der Waals surface area contributed by atoms with Crippen LogP contribution in [-0.2, 0) is 9.53 Å². The summed E-state index contributed by atoms with van der Waals surface area (Å²) in [4.78, 5) is 25.1. The van der Waals surface area contributed by atoms with Crippen LogP contribution in [0.15, 0.2) is 40.8 Å². The Morgan fingerprint density at radius 3 is 2.76 bits per heavy atom. The summed E-state index contributed by atoms with van der Waals surface area (Å²) in [5.74, 6) is -0.161. The Labute approximate surface area is 146 Å². The number of hydrogen-bond acceptors (Lipinski definition) is 4. The maximum absolute atomic E-state index is 12.6. The van der Waals surface area contributed by atoms with Gasteiger partial charge in [0.15, 0.2) is 11.9 Å². The van der Waals surface area contributed by atoms with E-state index in [1.165, 1.54) is 10.5 Å². The van der Waals surface area contributed by atoms with E-state index in [1.807, 2.05) is 18.2 Å². The van der Waals surface area contributed by atoms with Gasteiger partial charge in [0.05, 0.1) is 13.2 Å². The van der Waals surface area contributed by atoms with Gasteiger partial charge in [0, 0.05) is 12.1 Å². The van der Waals surface area contributed by atoms with Crippen molar-refractivity contribution < 1.29 is 23.8 Å². The van der Waals surface area contributed by atoms with Crippen molar-refractivity contribution in [2.24, 2.45) is 0 Å². The molecule has 0 spiro atoms. The monoisotopic (exact) mass is 343 g/mol. The van der Waals surface area contributed by atoms with Crippen LogP contribution in [0.3, 0.4) is 0 Å². The second-order valence-corrected chi connectivity index (χ2v) is 6.39. The fourth-order valence-corrected chi connectivity index (χ4v) is 2.80. The van der Waals surface area contributed by atoms with Crippen LogP contribution in [0.5, 0.6) is 0 Å². The van der Waals surface area contributed by atoms with Gasteiger partial charge >= 0.3 is 5.97 Å². The Bertz CT molecular complexity index is 780. The largest absolute Gasteiger partial charge is 0.479 e. The van der Waals surface area contributed by atoms with Gasteiger partial charge in [0.2, 0.25) is 0 Å². The minimum absolute atomic E-state index is 0.0209. The van der Waals surface area contributed by atoms with Crippen LogP contribution >= 0.6 is 0 Å². The Morgan fingerprint density at radius 2 is 2.04 bits per heavy atom. The third-order valence-electron chi connectivity index (χ3n) is 4.28. The number of ether oxygens (including phenoxy) is 1. The molecule has 25 heavy (non-hydrogen) atoms. The lowest BCUT2D eigenvalue weighted by atomic mass is 10.0. The standard InChI is InChI=1S/C19H21NO5/c1-12(2)13-4-3-5-14(10-13)15-6-7-16(25-15)18(21)20-8-9-24-17(11-20)19(22)23/h3-7,10,12,17H,8-9,11H2,1-2H3,(H,22,23). The van der Waals surface area contributed by atoms with Gasteiger partial charge in [-0.25, -0.2) is 4.79 Å². The molecule has 1 amide bonds. The number of nitrogens with zero attached hydrogens (tertiary/aromatic N) is 1. The zero-order valence-electron chi connectivity index (χ0n) is 14.3. The van der Waals surface area contributed by atoms with Crippen LogP contribution < -0.4 is 0 Å². The molecule has 132 valence electrons. The van der Waals surface area contributed by atoms with Gasteiger partial charge in [-0.05, 0) is 29.7 Å². The molecule has 0 aliphatic carbocycles. The van der Waals surface area contributed by atoms with Crippen molar-refractivity contribution >= 4 is 11.9 Å². The van der Waals surface area contributed by atoms with Crippen LogP contribution in [0, 0.1) is 0 Å². The van der Waals surface area contributed by atoms with Gasteiger partial charge in [-0.3, -0.25) is 4.79 Å². The number of carboxylic acid groups (broad SMARTS) is 1. The minimum atomic E-state index is -1.07. The Morgan fingerprint density at radius 1 is 1.24 bits per heavy atom. The van der Waals surface area contributed by atoms with Gasteiger partial charge in [0.1, 0.15) is 5.76 Å². The van der Waals surface area contributed by atoms with E-state index in [1.54, 1.807) is 12.1 Å². The summed E-state index contributed by atoms with van der Waals surface area (Å²) in [7, 11) is 0. The van der Waals surface area contributed by atoms with Crippen molar-refractivity contribution in [2.45, 2.75) is 25.9 Å². The third kappa shape index (κ3) is 3.74. The molecule has 0 bridgehead atoms. The second kappa shape index (κ2) is 7.11. The predicted octanol–water partition coefficient (Wildman–Crippen LogP) is 3.00. The topological polar surface area (TPSA) is 80.0 Å². The highest BCUT2D eigenvalue weighted by atomic mass is 16.5. The highest BCUT2D eigenvalue weighted by Gasteiger charge is 2.30. The molecule has 1 unspecified atom stereocenters. The first-order chi connectivity index (χ1) is 12.0. The quantitative estimate of drug-likeness (QED) is 0.923. The van der Waals surface area contributed by atoms with E-state index in [4.69, 9.17) is 14.3 Å². The fraction of sp³-hybridized carbons (Fsp3) is 0.368. The lowest BCUT2D eigenvalue weighted by Gasteiger charge is -2.30. The van der Waals surface area contributed by atoms with Crippen molar-refractivity contribution in [3.05, 3.63) is 47.7 Å².